The van der Waals surface area contributed by atoms with Crippen LogP contribution in [-0.4, -0.2) is 52.7 Å². The molecule has 0 saturated carbocycles. The highest BCUT2D eigenvalue weighted by Crippen LogP contribution is 2.31. The summed E-state index contributed by atoms with van der Waals surface area (Å²) in [5.74, 6) is -0.558. The number of nitrogens with two attached hydrogens (primary N) is 3. The fourth-order valence-corrected chi connectivity index (χ4v) is 5.78. The summed E-state index contributed by atoms with van der Waals surface area (Å²) in [6, 6.07) is 13.1. The molecule has 0 saturated heterocycles. The number of nitrogens with zero attached hydrogens (tertiary/aromatic N) is 3. The van der Waals surface area contributed by atoms with Crippen LogP contribution in [0.25, 0.3) is 16.7 Å². The number of H-pyrrole nitrogens is 1. The zero-order valence-corrected chi connectivity index (χ0v) is 32.5. The van der Waals surface area contributed by atoms with E-state index in [9.17, 15) is 14.0 Å². The molecule has 4 aromatic rings. The summed E-state index contributed by atoms with van der Waals surface area (Å²) in [6.07, 6.45) is 5.54. The largest absolute Gasteiger partial charge is 0.469 e. The molecule has 2 atom stereocenters. The first kappa shape index (κ1) is 42.2. The number of guanidine groups is 1. The van der Waals surface area contributed by atoms with E-state index in [1.165, 1.54) is 11.7 Å². The highest BCUT2D eigenvalue weighted by molar-refractivity contribution is 6.30. The second-order valence-corrected chi connectivity index (χ2v) is 15.6. The first-order valence-electron chi connectivity index (χ1n) is 17.6. The topological polar surface area (TPSA) is 179 Å². The van der Waals surface area contributed by atoms with Gasteiger partial charge in [0.2, 0.25) is 0 Å². The van der Waals surface area contributed by atoms with E-state index in [1.54, 1.807) is 12.3 Å². The van der Waals surface area contributed by atoms with Crippen LogP contribution in [-0.2, 0) is 26.8 Å². The van der Waals surface area contributed by atoms with Crippen molar-refractivity contribution < 1.29 is 13.9 Å². The molecule has 52 heavy (non-hydrogen) atoms. The van der Waals surface area contributed by atoms with E-state index in [1.807, 2.05) is 64.1 Å². The predicted molar refractivity (Wildman–Crippen MR) is 210 cm³/mol. The number of fused-ring (bicyclic) bond motifs is 1. The predicted octanol–water partition coefficient (Wildman–Crippen LogP) is 6.32. The number of hydrogen-bond acceptors (Lipinski definition) is 7. The van der Waals surface area contributed by atoms with Crippen molar-refractivity contribution in [1.82, 2.24) is 19.9 Å². The van der Waals surface area contributed by atoms with Gasteiger partial charge in [-0.3, -0.25) is 14.4 Å². The minimum absolute atomic E-state index is 0.0545. The average Bonchev–Trinajstić information content (AvgIpc) is 3.48. The summed E-state index contributed by atoms with van der Waals surface area (Å²) in [5, 5.41) is 4.43. The van der Waals surface area contributed by atoms with Crippen LogP contribution < -0.4 is 28.2 Å². The molecular weight excluding hydrogens is 683 g/mol. The molecule has 0 amide bonds. The Kier molecular flexibility index (Phi) is 15.0. The number of halogens is 2. The quantitative estimate of drug-likeness (QED) is 0.0458. The Morgan fingerprint density at radius 3 is 2.33 bits per heavy atom. The number of carbonyl (C=O) groups excluding carboxylic acids is 1. The second-order valence-electron chi connectivity index (χ2n) is 15.2. The van der Waals surface area contributed by atoms with Gasteiger partial charge in [0.1, 0.15) is 11.5 Å². The van der Waals surface area contributed by atoms with Gasteiger partial charge in [0.25, 0.3) is 0 Å². The van der Waals surface area contributed by atoms with Crippen molar-refractivity contribution in [2.45, 2.75) is 103 Å². The molecule has 0 unspecified atom stereocenters. The molecule has 13 heteroatoms. The minimum atomic E-state index is -0.369. The van der Waals surface area contributed by atoms with Gasteiger partial charge >= 0.3 is 11.7 Å². The van der Waals surface area contributed by atoms with Crippen LogP contribution in [0.4, 0.5) is 4.39 Å². The summed E-state index contributed by atoms with van der Waals surface area (Å²) >= 11 is 5.97. The lowest BCUT2D eigenvalue weighted by molar-refractivity contribution is -0.141. The molecule has 0 spiro atoms. The monoisotopic (exact) mass is 738 g/mol. The number of hydrogen-bond donors (Lipinski definition) is 5. The molecule has 11 nitrogen and oxygen atoms in total. The summed E-state index contributed by atoms with van der Waals surface area (Å²) in [7, 11) is 1.36. The van der Waals surface area contributed by atoms with Crippen LogP contribution in [0.2, 0.25) is 5.02 Å². The fraction of sp³-hybridized carbons (Fsp3) is 0.487. The highest BCUT2D eigenvalue weighted by atomic mass is 35.5. The smallest absolute Gasteiger partial charge is 0.354 e. The molecule has 0 radical (unpaired) electrons. The first-order valence-corrected chi connectivity index (χ1v) is 18.0. The number of nitrogens with one attached hydrogen (secondary N) is 2. The molecule has 0 aliphatic carbocycles. The SMILES string of the molecule is COC(=O)C[C@H](NCCCN=C(N)N)c1ccc(-n2cc3cc(C(C)(C)C)[nH]c3nc2=O)cc1.C[C@H](N)CCCc1cc(Cl)c(F)c(C(C)(C)C)c1. The highest BCUT2D eigenvalue weighted by Gasteiger charge is 2.22. The van der Waals surface area contributed by atoms with Gasteiger partial charge in [-0.05, 0) is 85.5 Å². The molecule has 0 bridgehead atoms. The molecule has 0 fully saturated rings. The van der Waals surface area contributed by atoms with Crippen LogP contribution in [0.3, 0.4) is 0 Å². The summed E-state index contributed by atoms with van der Waals surface area (Å²) in [5.41, 5.74) is 20.7. The van der Waals surface area contributed by atoms with E-state index in [0.717, 1.165) is 41.5 Å². The van der Waals surface area contributed by atoms with Gasteiger partial charge in [-0.15, -0.1) is 0 Å². The molecular formula is C39H56ClFN8O3. The van der Waals surface area contributed by atoms with Gasteiger partial charge in [-0.25, -0.2) is 9.18 Å². The molecule has 2 heterocycles. The fourth-order valence-electron chi connectivity index (χ4n) is 5.54. The molecule has 0 aliphatic rings. The number of esters is 1. The number of methoxy groups -OCH3 is 1. The minimum Gasteiger partial charge on any atom is -0.469 e. The number of aliphatic imine (C=N–C) groups is 1. The average molecular weight is 739 g/mol. The molecule has 8 N–H and O–H groups in total. The second kappa shape index (κ2) is 18.5. The maximum Gasteiger partial charge on any atom is 0.354 e. The van der Waals surface area contributed by atoms with Crippen LogP contribution in [0, 0.1) is 5.82 Å². The van der Waals surface area contributed by atoms with Crippen molar-refractivity contribution in [3.8, 4) is 5.69 Å². The van der Waals surface area contributed by atoms with Crippen molar-refractivity contribution in [2.24, 2.45) is 22.2 Å². The van der Waals surface area contributed by atoms with Gasteiger partial charge in [-0.2, -0.15) is 4.98 Å². The Balaban J connectivity index is 0.000000341. The summed E-state index contributed by atoms with van der Waals surface area (Å²) in [4.78, 5) is 36.0. The van der Waals surface area contributed by atoms with Crippen LogP contribution in [0.15, 0.2) is 58.4 Å². The molecule has 0 aliphatic heterocycles. The summed E-state index contributed by atoms with van der Waals surface area (Å²) < 4.78 is 20.3. The van der Waals surface area contributed by atoms with Crippen molar-refractivity contribution in [3.63, 3.8) is 0 Å². The number of aromatic nitrogens is 3. The van der Waals surface area contributed by atoms with Gasteiger partial charge in [0, 0.05) is 41.3 Å². The molecule has 2 aromatic heterocycles. The third-order valence-electron chi connectivity index (χ3n) is 8.53. The van der Waals surface area contributed by atoms with Crippen LogP contribution in [0.5, 0.6) is 0 Å². The number of aromatic amines is 1. The molecule has 2 aromatic carbocycles. The Bertz CT molecular complexity index is 1870. The summed E-state index contributed by atoms with van der Waals surface area (Å²) in [6.45, 7) is 15.4. The maximum absolute atomic E-state index is 14.0. The van der Waals surface area contributed by atoms with E-state index < -0.39 is 0 Å². The lowest BCUT2D eigenvalue weighted by Gasteiger charge is -2.21. The lowest BCUT2D eigenvalue weighted by atomic mass is 9.85. The normalized spacial score (nSPS) is 12.9. The third kappa shape index (κ3) is 12.5. The molecule has 284 valence electrons. The van der Waals surface area contributed by atoms with Gasteiger partial charge in [0.05, 0.1) is 24.2 Å². The van der Waals surface area contributed by atoms with Crippen molar-refractivity contribution in [1.29, 1.82) is 0 Å². The van der Waals surface area contributed by atoms with Gasteiger partial charge in [0.15, 0.2) is 5.96 Å². The van der Waals surface area contributed by atoms with Crippen LogP contribution in [0.1, 0.15) is 103 Å². The number of rotatable bonds is 13. The van der Waals surface area contributed by atoms with E-state index in [0.29, 0.717) is 36.4 Å². The van der Waals surface area contributed by atoms with Crippen molar-refractivity contribution in [2.75, 3.05) is 20.2 Å². The van der Waals surface area contributed by atoms with Crippen molar-refractivity contribution in [3.05, 3.63) is 92.4 Å². The van der Waals surface area contributed by atoms with E-state index in [4.69, 9.17) is 33.5 Å². The zero-order valence-electron chi connectivity index (χ0n) is 31.8. The Hall–Kier alpha value is -4.26. The van der Waals surface area contributed by atoms with E-state index in [2.05, 4.69) is 41.0 Å². The van der Waals surface area contributed by atoms with E-state index in [-0.39, 0.29) is 57.8 Å². The Morgan fingerprint density at radius 1 is 1.08 bits per heavy atom. The standard InChI is InChI=1S/C24H33N7O3.C15H23ClFN/c1-24(2,3)19-12-16-14-31(23(33)30-21(16)29-19)17-8-6-15(7-9-17)18(13-20(32)34-4)27-10-5-11-28-22(25)26;1-10(18)6-5-7-11-8-12(15(2,3)4)14(17)13(16)9-11/h6-9,12,14,18,27H,5,10-11,13H2,1-4H3,(H4,25,26,28)(H,29,30,33);8-10H,5-7,18H2,1-4H3/t18-;10-/m00/s1. The first-order chi connectivity index (χ1) is 24.3. The zero-order chi connectivity index (χ0) is 38.8. The van der Waals surface area contributed by atoms with Crippen LogP contribution >= 0.6 is 11.6 Å². The lowest BCUT2D eigenvalue weighted by Crippen LogP contribution is -2.27. The van der Waals surface area contributed by atoms with Gasteiger partial charge < -0.3 is 32.2 Å². The number of carbonyl (C=O) groups is 1. The van der Waals surface area contributed by atoms with E-state index >= 15 is 0 Å². The van der Waals surface area contributed by atoms with Gasteiger partial charge in [-0.1, -0.05) is 71.3 Å². The maximum atomic E-state index is 14.0. The Labute approximate surface area is 311 Å². The number of ether oxygens (including phenoxy) is 1. The number of aryl methyl sites for hydroxylation is 1. The van der Waals surface area contributed by atoms with Crippen molar-refractivity contribution >= 4 is 34.6 Å². The molecule has 4 rings (SSSR count). The number of benzene rings is 2. The Morgan fingerprint density at radius 2 is 1.75 bits per heavy atom. The third-order valence-corrected chi connectivity index (χ3v) is 8.80.